The average molecular weight is 295 g/mol. The molecule has 1 rings (SSSR count). The lowest BCUT2D eigenvalue weighted by Crippen LogP contribution is -2.27. The fourth-order valence-electron chi connectivity index (χ4n) is 1.73. The zero-order valence-electron chi connectivity index (χ0n) is 13.4. The smallest absolute Gasteiger partial charge is 0.347 e. The molecule has 0 radical (unpaired) electrons. The van der Waals surface area contributed by atoms with Gasteiger partial charge in [-0.3, -0.25) is 0 Å². The standard InChI is InChI=1S/C16H25NO4/c1-6-20-16(18)12(4)21-15-9-14(19-5)8-7-13(15)10-17-11(2)3/h7-9,11-12,17H,6,10H2,1-5H3. The summed E-state index contributed by atoms with van der Waals surface area (Å²) in [6.07, 6.45) is -0.658. The third-order valence-electron chi connectivity index (χ3n) is 2.90. The minimum absolute atomic E-state index is 0.340. The summed E-state index contributed by atoms with van der Waals surface area (Å²) in [5, 5.41) is 3.33. The van der Waals surface area contributed by atoms with Gasteiger partial charge in [0.25, 0.3) is 0 Å². The number of esters is 1. The molecule has 0 aromatic heterocycles. The van der Waals surface area contributed by atoms with E-state index in [-0.39, 0.29) is 5.97 Å². The van der Waals surface area contributed by atoms with Gasteiger partial charge in [-0.2, -0.15) is 0 Å². The van der Waals surface area contributed by atoms with E-state index >= 15 is 0 Å². The largest absolute Gasteiger partial charge is 0.497 e. The monoisotopic (exact) mass is 295 g/mol. The number of benzene rings is 1. The molecule has 5 nitrogen and oxygen atoms in total. The second-order valence-electron chi connectivity index (χ2n) is 5.02. The quantitative estimate of drug-likeness (QED) is 0.747. The highest BCUT2D eigenvalue weighted by molar-refractivity contribution is 5.74. The molecule has 1 N–H and O–H groups in total. The summed E-state index contributed by atoms with van der Waals surface area (Å²) in [7, 11) is 1.60. The van der Waals surface area contributed by atoms with Crippen molar-refractivity contribution in [3.8, 4) is 11.5 Å². The lowest BCUT2D eigenvalue weighted by atomic mass is 10.1. The number of carbonyl (C=O) groups excluding carboxylic acids is 1. The Hall–Kier alpha value is -1.75. The van der Waals surface area contributed by atoms with Gasteiger partial charge in [0.2, 0.25) is 0 Å². The predicted octanol–water partition coefficient (Wildman–Crippen LogP) is 2.52. The Kier molecular flexibility index (Phi) is 7.02. The van der Waals surface area contributed by atoms with Gasteiger partial charge in [0.05, 0.1) is 13.7 Å². The zero-order chi connectivity index (χ0) is 15.8. The topological polar surface area (TPSA) is 56.8 Å². The maximum absolute atomic E-state index is 11.7. The fraction of sp³-hybridized carbons (Fsp3) is 0.562. The Morgan fingerprint density at radius 1 is 1.29 bits per heavy atom. The summed E-state index contributed by atoms with van der Waals surface area (Å²) in [5.41, 5.74) is 0.973. The van der Waals surface area contributed by atoms with Crippen LogP contribution in [0.25, 0.3) is 0 Å². The Bertz CT molecular complexity index is 460. The van der Waals surface area contributed by atoms with E-state index in [1.165, 1.54) is 0 Å². The van der Waals surface area contributed by atoms with Crippen LogP contribution >= 0.6 is 0 Å². The number of rotatable bonds is 8. The molecule has 1 atom stereocenters. The van der Waals surface area contributed by atoms with Crippen LogP contribution < -0.4 is 14.8 Å². The number of hydrogen-bond donors (Lipinski definition) is 1. The van der Waals surface area contributed by atoms with Crippen LogP contribution in [-0.2, 0) is 16.1 Å². The molecule has 1 aromatic rings. The van der Waals surface area contributed by atoms with E-state index in [9.17, 15) is 4.79 Å². The van der Waals surface area contributed by atoms with Crippen LogP contribution in [0.15, 0.2) is 18.2 Å². The summed E-state index contributed by atoms with van der Waals surface area (Å²) in [4.78, 5) is 11.7. The molecule has 0 saturated carbocycles. The molecule has 0 bridgehead atoms. The molecule has 5 heteroatoms. The first-order valence-electron chi connectivity index (χ1n) is 7.21. The Morgan fingerprint density at radius 3 is 2.57 bits per heavy atom. The fourth-order valence-corrected chi connectivity index (χ4v) is 1.73. The molecule has 0 aliphatic carbocycles. The van der Waals surface area contributed by atoms with Gasteiger partial charge < -0.3 is 19.5 Å². The van der Waals surface area contributed by atoms with Crippen molar-refractivity contribution < 1.29 is 19.0 Å². The normalized spacial score (nSPS) is 12.1. The minimum atomic E-state index is -0.658. The lowest BCUT2D eigenvalue weighted by molar-refractivity contribution is -0.150. The number of nitrogens with one attached hydrogen (secondary N) is 1. The van der Waals surface area contributed by atoms with Gasteiger partial charge in [-0.05, 0) is 19.9 Å². The molecule has 0 heterocycles. The summed E-state index contributed by atoms with van der Waals surface area (Å²) < 4.78 is 15.9. The van der Waals surface area contributed by atoms with Crippen molar-refractivity contribution >= 4 is 5.97 Å². The highest BCUT2D eigenvalue weighted by atomic mass is 16.6. The first-order valence-corrected chi connectivity index (χ1v) is 7.21. The highest BCUT2D eigenvalue weighted by Crippen LogP contribution is 2.26. The van der Waals surface area contributed by atoms with Gasteiger partial charge in [0.15, 0.2) is 6.10 Å². The van der Waals surface area contributed by atoms with Crippen molar-refractivity contribution in [3.63, 3.8) is 0 Å². The van der Waals surface area contributed by atoms with E-state index in [0.29, 0.717) is 30.7 Å². The predicted molar refractivity (Wildman–Crippen MR) is 81.7 cm³/mol. The third kappa shape index (κ3) is 5.63. The Labute approximate surface area is 126 Å². The van der Waals surface area contributed by atoms with Crippen LogP contribution in [0.4, 0.5) is 0 Å². The van der Waals surface area contributed by atoms with Gasteiger partial charge in [-0.1, -0.05) is 19.9 Å². The Morgan fingerprint density at radius 2 is 2.00 bits per heavy atom. The van der Waals surface area contributed by atoms with Gasteiger partial charge in [0.1, 0.15) is 11.5 Å². The van der Waals surface area contributed by atoms with Gasteiger partial charge in [0, 0.05) is 24.2 Å². The summed E-state index contributed by atoms with van der Waals surface area (Å²) in [6.45, 7) is 8.60. The highest BCUT2D eigenvalue weighted by Gasteiger charge is 2.18. The second-order valence-corrected chi connectivity index (χ2v) is 5.02. The van der Waals surface area contributed by atoms with Gasteiger partial charge in [-0.25, -0.2) is 4.79 Å². The van der Waals surface area contributed by atoms with Crippen LogP contribution in [0.3, 0.4) is 0 Å². The molecule has 0 aliphatic heterocycles. The number of ether oxygens (including phenoxy) is 3. The molecule has 1 aromatic carbocycles. The molecule has 0 amide bonds. The van der Waals surface area contributed by atoms with Crippen molar-refractivity contribution in [2.24, 2.45) is 0 Å². The van der Waals surface area contributed by atoms with Crippen LogP contribution in [0.5, 0.6) is 11.5 Å². The molecule has 0 aliphatic rings. The van der Waals surface area contributed by atoms with E-state index in [1.807, 2.05) is 12.1 Å². The van der Waals surface area contributed by atoms with Crippen LogP contribution in [0, 0.1) is 0 Å². The number of carbonyl (C=O) groups is 1. The van der Waals surface area contributed by atoms with Crippen molar-refractivity contribution in [3.05, 3.63) is 23.8 Å². The van der Waals surface area contributed by atoms with E-state index in [4.69, 9.17) is 14.2 Å². The summed E-state index contributed by atoms with van der Waals surface area (Å²) >= 11 is 0. The molecule has 1 unspecified atom stereocenters. The molecule has 21 heavy (non-hydrogen) atoms. The number of methoxy groups -OCH3 is 1. The first-order chi connectivity index (χ1) is 9.97. The van der Waals surface area contributed by atoms with Crippen LogP contribution in [0.1, 0.15) is 33.3 Å². The summed E-state index contributed by atoms with van der Waals surface area (Å²) in [5.74, 6) is 0.945. The van der Waals surface area contributed by atoms with Crippen molar-refractivity contribution in [1.29, 1.82) is 0 Å². The van der Waals surface area contributed by atoms with E-state index in [1.54, 1.807) is 27.0 Å². The summed E-state index contributed by atoms with van der Waals surface area (Å²) in [6, 6.07) is 5.95. The zero-order valence-corrected chi connectivity index (χ0v) is 13.4. The maximum atomic E-state index is 11.7. The molecule has 0 saturated heterocycles. The number of hydrogen-bond acceptors (Lipinski definition) is 5. The molecular weight excluding hydrogens is 270 g/mol. The first kappa shape index (κ1) is 17.3. The molecular formula is C16H25NO4. The minimum Gasteiger partial charge on any atom is -0.497 e. The van der Waals surface area contributed by atoms with Crippen LogP contribution in [-0.4, -0.2) is 31.8 Å². The molecule has 118 valence electrons. The van der Waals surface area contributed by atoms with E-state index < -0.39 is 6.10 Å². The van der Waals surface area contributed by atoms with Gasteiger partial charge in [-0.15, -0.1) is 0 Å². The van der Waals surface area contributed by atoms with Crippen molar-refractivity contribution in [2.45, 2.75) is 46.4 Å². The lowest BCUT2D eigenvalue weighted by Gasteiger charge is -2.18. The Balaban J connectivity index is 2.87. The average Bonchev–Trinajstić information content (AvgIpc) is 2.45. The second kappa shape index (κ2) is 8.52. The van der Waals surface area contributed by atoms with Gasteiger partial charge >= 0.3 is 5.97 Å². The molecule has 0 spiro atoms. The van der Waals surface area contributed by atoms with Crippen molar-refractivity contribution in [1.82, 2.24) is 5.32 Å². The maximum Gasteiger partial charge on any atom is 0.347 e. The van der Waals surface area contributed by atoms with E-state index in [2.05, 4.69) is 19.2 Å². The third-order valence-corrected chi connectivity index (χ3v) is 2.90. The molecule has 0 fully saturated rings. The SMILES string of the molecule is CCOC(=O)C(C)Oc1cc(OC)ccc1CNC(C)C. The van der Waals surface area contributed by atoms with Crippen LogP contribution in [0.2, 0.25) is 0 Å². The van der Waals surface area contributed by atoms with E-state index in [0.717, 1.165) is 5.56 Å². The van der Waals surface area contributed by atoms with Crippen molar-refractivity contribution in [2.75, 3.05) is 13.7 Å².